The van der Waals surface area contributed by atoms with Gasteiger partial charge in [0, 0.05) is 5.33 Å². The maximum atomic E-state index is 11.1. The normalized spacial score (nSPS) is 19.6. The lowest BCUT2D eigenvalue weighted by molar-refractivity contribution is -0.574. The van der Waals surface area contributed by atoms with Gasteiger partial charge in [0.1, 0.15) is 0 Å². The molecule has 0 spiro atoms. The van der Waals surface area contributed by atoms with Gasteiger partial charge in [-0.05, 0) is 50.2 Å². The Labute approximate surface area is 136 Å². The van der Waals surface area contributed by atoms with E-state index in [1.807, 2.05) is 0 Å². The number of fused-ring (bicyclic) bond motifs is 4. The molecule has 3 aliphatic heterocycles. The van der Waals surface area contributed by atoms with E-state index in [4.69, 9.17) is 0 Å². The van der Waals surface area contributed by atoms with Crippen molar-refractivity contribution in [1.29, 1.82) is 0 Å². The first-order valence-corrected chi connectivity index (χ1v) is 8.13. The van der Waals surface area contributed by atoms with Crippen LogP contribution in [0.4, 0.5) is 0 Å². The van der Waals surface area contributed by atoms with Gasteiger partial charge in [0.25, 0.3) is 0 Å². The average Bonchev–Trinajstić information content (AvgIpc) is 2.79. The Morgan fingerprint density at radius 1 is 1.32 bits per heavy atom. The van der Waals surface area contributed by atoms with Gasteiger partial charge in [0.05, 0.1) is 16.1 Å². The number of alkyl halides is 1. The summed E-state index contributed by atoms with van der Waals surface area (Å²) in [6, 6.07) is 6.07. The predicted molar refractivity (Wildman–Crippen MR) is 85.6 cm³/mol. The Kier molecular flexibility index (Phi) is 6.09. The number of nitro groups is 1. The Balaban J connectivity index is 0.000000172. The lowest BCUT2D eigenvalue weighted by Crippen LogP contribution is -2.23. The third-order valence-corrected chi connectivity index (χ3v) is 3.78. The summed E-state index contributed by atoms with van der Waals surface area (Å²) in [5.41, 5.74) is 2.33. The molecule has 4 rings (SSSR count). The SMILES string of the molecule is BrCC=C1CCNCC1.O=C1OC([N+](=O)[O-])c2ccc1cc2. The van der Waals surface area contributed by atoms with E-state index in [1.54, 1.807) is 5.57 Å². The lowest BCUT2D eigenvalue weighted by Gasteiger charge is -2.14. The fourth-order valence-electron chi connectivity index (χ4n) is 2.25. The second-order valence-electron chi connectivity index (χ2n) is 4.93. The fraction of sp³-hybridized carbons (Fsp3) is 0.400. The van der Waals surface area contributed by atoms with Crippen LogP contribution in [-0.4, -0.2) is 29.3 Å². The molecule has 1 saturated heterocycles. The summed E-state index contributed by atoms with van der Waals surface area (Å²) in [5, 5.41) is 14.8. The molecule has 0 aromatic heterocycles. The first kappa shape index (κ1) is 16.6. The summed E-state index contributed by atoms with van der Waals surface area (Å²) in [6.45, 7) is 2.33. The van der Waals surface area contributed by atoms with Crippen LogP contribution in [-0.2, 0) is 4.74 Å². The Morgan fingerprint density at radius 3 is 2.50 bits per heavy atom. The molecule has 6 nitrogen and oxygen atoms in total. The largest absolute Gasteiger partial charge is 0.390 e. The number of rotatable bonds is 2. The summed E-state index contributed by atoms with van der Waals surface area (Å²) in [7, 11) is 0. The smallest absolute Gasteiger partial charge is 0.383 e. The molecule has 1 fully saturated rings. The number of benzene rings is 1. The molecule has 7 heteroatoms. The maximum absolute atomic E-state index is 11.1. The van der Waals surface area contributed by atoms with Crippen LogP contribution in [0, 0.1) is 10.1 Å². The van der Waals surface area contributed by atoms with E-state index in [1.165, 1.54) is 50.2 Å². The number of allylic oxidation sites excluding steroid dienone is 1. The number of ether oxygens (including phenoxy) is 1. The lowest BCUT2D eigenvalue weighted by atomic mass is 10.1. The number of esters is 1. The second-order valence-corrected chi connectivity index (χ2v) is 5.58. The Morgan fingerprint density at radius 2 is 1.95 bits per heavy atom. The van der Waals surface area contributed by atoms with Gasteiger partial charge in [-0.3, -0.25) is 10.1 Å². The Hall–Kier alpha value is -1.73. The van der Waals surface area contributed by atoms with E-state index in [0.717, 1.165) is 5.33 Å². The van der Waals surface area contributed by atoms with Crippen molar-refractivity contribution in [2.75, 3.05) is 18.4 Å². The van der Waals surface area contributed by atoms with Gasteiger partial charge in [-0.2, -0.15) is 0 Å². The maximum Gasteiger partial charge on any atom is 0.383 e. The highest BCUT2D eigenvalue weighted by Crippen LogP contribution is 2.24. The first-order chi connectivity index (χ1) is 10.6. The molecule has 1 N–H and O–H groups in total. The number of piperidine rings is 1. The van der Waals surface area contributed by atoms with Crippen LogP contribution in [0.1, 0.15) is 35.0 Å². The monoisotopic (exact) mass is 368 g/mol. The minimum atomic E-state index is -1.36. The summed E-state index contributed by atoms with van der Waals surface area (Å²) >= 11 is 3.39. The minimum absolute atomic E-state index is 0.341. The van der Waals surface area contributed by atoms with Crippen LogP contribution < -0.4 is 5.32 Å². The number of carbonyl (C=O) groups excluding carboxylic acids is 1. The summed E-state index contributed by atoms with van der Waals surface area (Å²) in [4.78, 5) is 20.9. The quantitative estimate of drug-likeness (QED) is 0.285. The van der Waals surface area contributed by atoms with Gasteiger partial charge >= 0.3 is 12.2 Å². The second kappa shape index (κ2) is 8.05. The van der Waals surface area contributed by atoms with Crippen molar-refractivity contribution in [3.63, 3.8) is 0 Å². The number of hydrogen-bond acceptors (Lipinski definition) is 5. The van der Waals surface area contributed by atoms with Crippen molar-refractivity contribution in [2.45, 2.75) is 19.1 Å². The molecule has 118 valence electrons. The topological polar surface area (TPSA) is 81.5 Å². The van der Waals surface area contributed by atoms with Crippen LogP contribution in [0.2, 0.25) is 0 Å². The zero-order valence-electron chi connectivity index (χ0n) is 12.0. The van der Waals surface area contributed by atoms with Crippen molar-refractivity contribution >= 4 is 21.9 Å². The van der Waals surface area contributed by atoms with E-state index in [0.29, 0.717) is 11.1 Å². The van der Waals surface area contributed by atoms with Crippen molar-refractivity contribution in [1.82, 2.24) is 5.32 Å². The van der Waals surface area contributed by atoms with E-state index in [9.17, 15) is 14.9 Å². The molecule has 0 aliphatic carbocycles. The van der Waals surface area contributed by atoms with Crippen LogP contribution in [0.25, 0.3) is 0 Å². The van der Waals surface area contributed by atoms with Crippen molar-refractivity contribution in [3.8, 4) is 0 Å². The van der Waals surface area contributed by atoms with Crippen LogP contribution in [0.15, 0.2) is 35.9 Å². The summed E-state index contributed by atoms with van der Waals surface area (Å²) in [5.74, 6) is -0.651. The molecule has 1 atom stereocenters. The minimum Gasteiger partial charge on any atom is -0.390 e. The van der Waals surface area contributed by atoms with Crippen molar-refractivity contribution in [2.24, 2.45) is 0 Å². The number of nitrogens with zero attached hydrogens (tertiary/aromatic N) is 1. The first-order valence-electron chi connectivity index (χ1n) is 7.01. The zero-order valence-corrected chi connectivity index (χ0v) is 13.5. The van der Waals surface area contributed by atoms with Crippen molar-refractivity contribution < 1.29 is 14.5 Å². The highest BCUT2D eigenvalue weighted by atomic mass is 79.9. The molecule has 3 aliphatic rings. The van der Waals surface area contributed by atoms with Gasteiger partial charge in [-0.15, -0.1) is 0 Å². The molecule has 22 heavy (non-hydrogen) atoms. The molecule has 3 heterocycles. The van der Waals surface area contributed by atoms with Gasteiger partial charge in [0.2, 0.25) is 0 Å². The highest BCUT2D eigenvalue weighted by molar-refractivity contribution is 9.09. The van der Waals surface area contributed by atoms with E-state index < -0.39 is 17.1 Å². The molecule has 0 saturated carbocycles. The van der Waals surface area contributed by atoms with E-state index in [-0.39, 0.29) is 0 Å². The number of carbonyl (C=O) groups is 1. The van der Waals surface area contributed by atoms with Crippen LogP contribution in [0.3, 0.4) is 0 Å². The summed E-state index contributed by atoms with van der Waals surface area (Å²) in [6.07, 6.45) is 3.40. The molecule has 1 unspecified atom stereocenters. The number of halogens is 1. The predicted octanol–water partition coefficient (Wildman–Crippen LogP) is 2.82. The third-order valence-electron chi connectivity index (χ3n) is 3.45. The number of nitrogens with one attached hydrogen (secondary N) is 1. The molecule has 2 bridgehead atoms. The van der Waals surface area contributed by atoms with Crippen molar-refractivity contribution in [3.05, 3.63) is 57.2 Å². The molecular formula is C15H17BrN2O4. The van der Waals surface area contributed by atoms with Gasteiger partial charge in [-0.1, -0.05) is 27.6 Å². The Bertz CT molecular complexity index is 563. The van der Waals surface area contributed by atoms with E-state index in [2.05, 4.69) is 32.1 Å². The molecule has 0 amide bonds. The van der Waals surface area contributed by atoms with E-state index >= 15 is 0 Å². The molecule has 1 aromatic carbocycles. The standard InChI is InChI=1S/C8H5NO4.C7H12BrN/c10-8-6-3-1-5(2-4-6)7(13-8)9(11)12;8-4-1-7-2-5-9-6-3-7/h1-4,7H;1,9H,2-6H2. The summed E-state index contributed by atoms with van der Waals surface area (Å²) < 4.78 is 4.62. The molecule has 0 radical (unpaired) electrons. The molecule has 1 aromatic rings. The van der Waals surface area contributed by atoms with Gasteiger partial charge in [0.15, 0.2) is 0 Å². The fourth-order valence-corrected chi connectivity index (χ4v) is 2.71. The van der Waals surface area contributed by atoms with Crippen LogP contribution >= 0.6 is 15.9 Å². The highest BCUT2D eigenvalue weighted by Gasteiger charge is 2.30. The molecular weight excluding hydrogens is 352 g/mol. The van der Waals surface area contributed by atoms with Gasteiger partial charge in [-0.25, -0.2) is 4.79 Å². The van der Waals surface area contributed by atoms with Gasteiger partial charge < -0.3 is 10.1 Å². The average molecular weight is 369 g/mol. The number of hydrogen-bond donors (Lipinski definition) is 1. The van der Waals surface area contributed by atoms with Crippen LogP contribution in [0.5, 0.6) is 0 Å². The zero-order chi connectivity index (χ0) is 15.9. The third kappa shape index (κ3) is 4.38.